The highest BCUT2D eigenvalue weighted by Gasteiger charge is 2.26. The van der Waals surface area contributed by atoms with Crippen molar-refractivity contribution in [2.24, 2.45) is 5.92 Å². The van der Waals surface area contributed by atoms with E-state index in [1.165, 1.54) is 12.8 Å². The molecule has 2 aliphatic rings. The molecule has 4 heterocycles. The number of rotatable bonds is 7. The Labute approximate surface area is 187 Å². The molecule has 0 aliphatic carbocycles. The molecule has 0 amide bonds. The molecule has 2 fully saturated rings. The zero-order valence-corrected chi connectivity index (χ0v) is 18.8. The third-order valence-corrected chi connectivity index (χ3v) is 7.06. The van der Waals surface area contributed by atoms with E-state index in [0.717, 1.165) is 67.4 Å². The minimum Gasteiger partial charge on any atom is -0.440 e. The monoisotopic (exact) mass is 439 g/mol. The molecule has 31 heavy (non-hydrogen) atoms. The average molecular weight is 440 g/mol. The Morgan fingerprint density at radius 3 is 2.71 bits per heavy atom. The van der Waals surface area contributed by atoms with E-state index >= 15 is 0 Å². The highest BCUT2D eigenvalue weighted by molar-refractivity contribution is 7.98. The maximum Gasteiger partial charge on any atom is 0.228 e. The van der Waals surface area contributed by atoms with Crippen LogP contribution in [0.2, 0.25) is 0 Å². The van der Waals surface area contributed by atoms with Gasteiger partial charge in [-0.1, -0.05) is 49.0 Å². The van der Waals surface area contributed by atoms with E-state index in [-0.39, 0.29) is 6.10 Å². The van der Waals surface area contributed by atoms with Gasteiger partial charge >= 0.3 is 0 Å². The summed E-state index contributed by atoms with van der Waals surface area (Å²) in [5.41, 5.74) is 1.04. The fraction of sp³-hybridized carbons (Fsp3) is 0.522. The van der Waals surface area contributed by atoms with Gasteiger partial charge in [0.2, 0.25) is 11.8 Å². The van der Waals surface area contributed by atoms with Crippen LogP contribution in [-0.2, 0) is 17.0 Å². The van der Waals surface area contributed by atoms with Crippen molar-refractivity contribution in [1.82, 2.24) is 19.7 Å². The summed E-state index contributed by atoms with van der Waals surface area (Å²) >= 11 is 1.63. The molecular formula is C23H29N5O2S. The molecule has 1 unspecified atom stereocenters. The van der Waals surface area contributed by atoms with Gasteiger partial charge in [-0.05, 0) is 31.6 Å². The summed E-state index contributed by atoms with van der Waals surface area (Å²) in [4.78, 5) is 6.85. The largest absolute Gasteiger partial charge is 0.440 e. The van der Waals surface area contributed by atoms with E-state index in [2.05, 4.69) is 31.6 Å². The van der Waals surface area contributed by atoms with Crippen molar-refractivity contribution in [2.45, 2.75) is 56.2 Å². The third kappa shape index (κ3) is 4.80. The number of oxazole rings is 1. The molecule has 2 saturated heterocycles. The first kappa shape index (κ1) is 20.6. The molecule has 1 aromatic carbocycles. The number of hydrogen-bond acceptors (Lipinski definition) is 7. The Balaban J connectivity index is 1.31. The standard InChI is InChI=1S/C23H29N5O2S/c1-17-9-11-27(12-10-17)22-25-26-23(28(22)15-19-8-5-13-29-19)31-16-21-24-14-20(30-21)18-6-3-2-4-7-18/h2-4,6-7,14,17,19H,5,8-13,15-16H2,1H3. The van der Waals surface area contributed by atoms with Gasteiger partial charge in [0.15, 0.2) is 10.9 Å². The van der Waals surface area contributed by atoms with Crippen LogP contribution in [0.15, 0.2) is 46.1 Å². The van der Waals surface area contributed by atoms with E-state index in [0.29, 0.717) is 11.6 Å². The Bertz CT molecular complexity index is 975. The Hall–Kier alpha value is -2.32. The molecule has 164 valence electrons. The predicted octanol–water partition coefficient (Wildman–Crippen LogP) is 4.64. The number of hydrogen-bond donors (Lipinski definition) is 0. The van der Waals surface area contributed by atoms with Crippen LogP contribution in [0.4, 0.5) is 5.95 Å². The van der Waals surface area contributed by atoms with Crippen LogP contribution in [0.25, 0.3) is 11.3 Å². The lowest BCUT2D eigenvalue weighted by Crippen LogP contribution is -2.35. The molecule has 0 bridgehead atoms. The maximum absolute atomic E-state index is 5.98. The SMILES string of the molecule is CC1CCN(c2nnc(SCc3ncc(-c4ccccc4)o3)n2CC2CCCO2)CC1. The van der Waals surface area contributed by atoms with Gasteiger partial charge in [-0.15, -0.1) is 10.2 Å². The first-order valence-electron chi connectivity index (χ1n) is 11.2. The van der Waals surface area contributed by atoms with Gasteiger partial charge < -0.3 is 14.1 Å². The summed E-state index contributed by atoms with van der Waals surface area (Å²) in [5.74, 6) is 3.86. The highest BCUT2D eigenvalue weighted by atomic mass is 32.2. The molecule has 8 heteroatoms. The van der Waals surface area contributed by atoms with Crippen molar-refractivity contribution in [1.29, 1.82) is 0 Å². The van der Waals surface area contributed by atoms with Crippen LogP contribution in [0.1, 0.15) is 38.5 Å². The Morgan fingerprint density at radius 1 is 1.10 bits per heavy atom. The maximum atomic E-state index is 5.98. The van der Waals surface area contributed by atoms with Crippen molar-refractivity contribution in [2.75, 3.05) is 24.6 Å². The number of piperidine rings is 1. The lowest BCUT2D eigenvalue weighted by Gasteiger charge is -2.31. The molecule has 5 rings (SSSR count). The van der Waals surface area contributed by atoms with Crippen LogP contribution in [0.5, 0.6) is 0 Å². The molecule has 3 aromatic rings. The molecule has 2 aliphatic heterocycles. The summed E-state index contributed by atoms with van der Waals surface area (Å²) < 4.78 is 14.1. The number of thioether (sulfide) groups is 1. The van der Waals surface area contributed by atoms with E-state index in [4.69, 9.17) is 9.15 Å². The fourth-order valence-corrected chi connectivity index (χ4v) is 5.02. The fourth-order valence-electron chi connectivity index (χ4n) is 4.22. The van der Waals surface area contributed by atoms with E-state index in [9.17, 15) is 0 Å². The van der Waals surface area contributed by atoms with Crippen molar-refractivity contribution >= 4 is 17.7 Å². The molecule has 0 saturated carbocycles. The number of ether oxygens (including phenoxy) is 1. The average Bonchev–Trinajstić information content (AvgIpc) is 3.56. The van der Waals surface area contributed by atoms with Crippen LogP contribution in [-0.4, -0.2) is 45.5 Å². The molecule has 0 N–H and O–H groups in total. The topological polar surface area (TPSA) is 69.2 Å². The molecule has 7 nitrogen and oxygen atoms in total. The lowest BCUT2D eigenvalue weighted by atomic mass is 10.00. The second-order valence-electron chi connectivity index (χ2n) is 8.47. The van der Waals surface area contributed by atoms with Crippen LogP contribution >= 0.6 is 11.8 Å². The van der Waals surface area contributed by atoms with Crippen molar-refractivity contribution < 1.29 is 9.15 Å². The van der Waals surface area contributed by atoms with Crippen molar-refractivity contribution in [3.8, 4) is 11.3 Å². The zero-order valence-electron chi connectivity index (χ0n) is 17.9. The van der Waals surface area contributed by atoms with Crippen molar-refractivity contribution in [3.05, 3.63) is 42.4 Å². The number of benzene rings is 1. The summed E-state index contributed by atoms with van der Waals surface area (Å²) in [6.07, 6.45) is 6.66. The highest BCUT2D eigenvalue weighted by Crippen LogP contribution is 2.30. The van der Waals surface area contributed by atoms with Gasteiger partial charge in [-0.3, -0.25) is 4.57 Å². The van der Waals surface area contributed by atoms with E-state index < -0.39 is 0 Å². The summed E-state index contributed by atoms with van der Waals surface area (Å²) in [7, 11) is 0. The number of aromatic nitrogens is 4. The normalized spacial score (nSPS) is 19.9. The summed E-state index contributed by atoms with van der Waals surface area (Å²) in [5, 5.41) is 10.0. The Morgan fingerprint density at radius 2 is 1.94 bits per heavy atom. The van der Waals surface area contributed by atoms with Gasteiger partial charge in [0, 0.05) is 25.3 Å². The second kappa shape index (κ2) is 9.44. The second-order valence-corrected chi connectivity index (χ2v) is 9.41. The van der Waals surface area contributed by atoms with Crippen LogP contribution < -0.4 is 4.90 Å². The van der Waals surface area contributed by atoms with Gasteiger partial charge in [0.25, 0.3) is 0 Å². The van der Waals surface area contributed by atoms with Gasteiger partial charge in [0.1, 0.15) is 0 Å². The van der Waals surface area contributed by atoms with Crippen LogP contribution in [0, 0.1) is 5.92 Å². The predicted molar refractivity (Wildman–Crippen MR) is 121 cm³/mol. The van der Waals surface area contributed by atoms with Gasteiger partial charge in [-0.25, -0.2) is 4.98 Å². The number of anilines is 1. The molecule has 0 spiro atoms. The zero-order chi connectivity index (χ0) is 21.0. The minimum atomic E-state index is 0.240. The molecular weight excluding hydrogens is 410 g/mol. The lowest BCUT2D eigenvalue weighted by molar-refractivity contribution is 0.0951. The first-order valence-corrected chi connectivity index (χ1v) is 12.2. The van der Waals surface area contributed by atoms with Gasteiger partial charge in [0.05, 0.1) is 24.6 Å². The first-order chi connectivity index (χ1) is 15.3. The summed E-state index contributed by atoms with van der Waals surface area (Å²) in [6, 6.07) is 10.1. The number of nitrogens with zero attached hydrogens (tertiary/aromatic N) is 5. The quantitative estimate of drug-likeness (QED) is 0.497. The van der Waals surface area contributed by atoms with Crippen molar-refractivity contribution in [3.63, 3.8) is 0 Å². The Kier molecular flexibility index (Phi) is 6.27. The van der Waals surface area contributed by atoms with Crippen LogP contribution in [0.3, 0.4) is 0 Å². The molecule has 0 radical (unpaired) electrons. The third-order valence-electron chi connectivity index (χ3n) is 6.11. The van der Waals surface area contributed by atoms with E-state index in [1.807, 2.05) is 30.3 Å². The molecule has 2 aromatic heterocycles. The summed E-state index contributed by atoms with van der Waals surface area (Å²) in [6.45, 7) is 6.06. The smallest absolute Gasteiger partial charge is 0.228 e. The minimum absolute atomic E-state index is 0.240. The van der Waals surface area contributed by atoms with E-state index in [1.54, 1.807) is 18.0 Å². The van der Waals surface area contributed by atoms with Gasteiger partial charge in [-0.2, -0.15) is 0 Å². The molecule has 1 atom stereocenters.